The van der Waals surface area contributed by atoms with Crippen molar-refractivity contribution in [1.82, 2.24) is 5.32 Å². The monoisotopic (exact) mass is 218 g/mol. The van der Waals surface area contributed by atoms with Gasteiger partial charge in [0.1, 0.15) is 0 Å². The third-order valence-corrected chi connectivity index (χ3v) is 2.80. The molecule has 0 spiro atoms. The average molecular weight is 218 g/mol. The van der Waals surface area contributed by atoms with E-state index in [-0.39, 0.29) is 11.4 Å². The van der Waals surface area contributed by atoms with Crippen molar-refractivity contribution >= 4 is 11.6 Å². The molecule has 0 aromatic heterocycles. The molecule has 1 aliphatic rings. The van der Waals surface area contributed by atoms with Crippen molar-refractivity contribution < 1.29 is 4.79 Å². The molecular weight excluding hydrogens is 200 g/mol. The van der Waals surface area contributed by atoms with Gasteiger partial charge in [0.05, 0.1) is 12.1 Å². The smallest absolute Gasteiger partial charge is 0.239 e. The number of carbonyl (C=O) groups excluding carboxylic acids is 1. The van der Waals surface area contributed by atoms with Crippen LogP contribution in [0.25, 0.3) is 0 Å². The lowest BCUT2D eigenvalue weighted by atomic mass is 10.0. The molecule has 0 atom stereocenters. The molecule has 2 rings (SSSR count). The summed E-state index contributed by atoms with van der Waals surface area (Å²) in [6.07, 6.45) is 0. The lowest BCUT2D eigenvalue weighted by Crippen LogP contribution is -2.60. The number of aryl methyl sites for hydroxylation is 1. The van der Waals surface area contributed by atoms with Gasteiger partial charge in [0.25, 0.3) is 0 Å². The Bertz CT molecular complexity index is 395. The molecule has 0 saturated carbocycles. The second kappa shape index (κ2) is 3.81. The van der Waals surface area contributed by atoms with Gasteiger partial charge in [0, 0.05) is 12.2 Å². The number of benzene rings is 1. The van der Waals surface area contributed by atoms with Crippen molar-refractivity contribution in [1.29, 1.82) is 0 Å². The fraction of sp³-hybridized carbons (Fsp3) is 0.462. The van der Waals surface area contributed by atoms with Crippen molar-refractivity contribution in [2.24, 2.45) is 0 Å². The second-order valence-electron chi connectivity index (χ2n) is 5.12. The maximum absolute atomic E-state index is 11.6. The molecule has 0 unspecified atom stereocenters. The normalized spacial score (nSPS) is 19.4. The Hall–Kier alpha value is -1.51. The maximum atomic E-state index is 11.6. The highest BCUT2D eigenvalue weighted by Gasteiger charge is 2.30. The highest BCUT2D eigenvalue weighted by Crippen LogP contribution is 2.20. The number of amides is 1. The molecule has 1 fully saturated rings. The first-order chi connectivity index (χ1) is 7.46. The largest absolute Gasteiger partial charge is 0.360 e. The Morgan fingerprint density at radius 1 is 1.25 bits per heavy atom. The summed E-state index contributed by atoms with van der Waals surface area (Å²) in [6.45, 7) is 7.46. The van der Waals surface area contributed by atoms with Gasteiger partial charge in [-0.05, 0) is 32.9 Å². The van der Waals surface area contributed by atoms with Crippen LogP contribution in [0, 0.1) is 6.92 Å². The van der Waals surface area contributed by atoms with E-state index < -0.39 is 0 Å². The standard InChI is InChI=1S/C13H18N2O/c1-10-4-6-11(7-5-10)15-8-12(16)14-13(2,3)9-15/h4-7H,8-9H2,1-3H3,(H,14,16). The summed E-state index contributed by atoms with van der Waals surface area (Å²) in [4.78, 5) is 13.7. The zero-order chi connectivity index (χ0) is 11.8. The lowest BCUT2D eigenvalue weighted by molar-refractivity contribution is -0.122. The Labute approximate surface area is 96.5 Å². The molecule has 1 aromatic rings. The fourth-order valence-corrected chi connectivity index (χ4v) is 2.10. The van der Waals surface area contributed by atoms with Crippen LogP contribution >= 0.6 is 0 Å². The zero-order valence-electron chi connectivity index (χ0n) is 10.1. The molecule has 1 amide bonds. The van der Waals surface area contributed by atoms with Crippen LogP contribution in [0.1, 0.15) is 19.4 Å². The van der Waals surface area contributed by atoms with Gasteiger partial charge in [-0.15, -0.1) is 0 Å². The topological polar surface area (TPSA) is 32.3 Å². The molecule has 0 radical (unpaired) electrons. The van der Waals surface area contributed by atoms with Crippen LogP contribution in [-0.2, 0) is 4.79 Å². The number of anilines is 1. The van der Waals surface area contributed by atoms with Crippen molar-refractivity contribution in [3.8, 4) is 0 Å². The SMILES string of the molecule is Cc1ccc(N2CC(=O)NC(C)(C)C2)cc1. The molecule has 1 saturated heterocycles. The number of piperazine rings is 1. The van der Waals surface area contributed by atoms with Gasteiger partial charge in [-0.2, -0.15) is 0 Å². The molecule has 3 heteroatoms. The van der Waals surface area contributed by atoms with Gasteiger partial charge in [0.2, 0.25) is 5.91 Å². The van der Waals surface area contributed by atoms with E-state index in [1.54, 1.807) is 0 Å². The maximum Gasteiger partial charge on any atom is 0.239 e. The minimum Gasteiger partial charge on any atom is -0.360 e. The van der Waals surface area contributed by atoms with Crippen molar-refractivity contribution in [3.05, 3.63) is 29.8 Å². The molecule has 0 aliphatic carbocycles. The summed E-state index contributed by atoms with van der Waals surface area (Å²) in [5.41, 5.74) is 2.21. The molecular formula is C13H18N2O. The van der Waals surface area contributed by atoms with E-state index in [1.807, 2.05) is 13.8 Å². The predicted molar refractivity (Wildman–Crippen MR) is 65.6 cm³/mol. The predicted octanol–water partition coefficient (Wildman–Crippen LogP) is 1.71. The summed E-state index contributed by atoms with van der Waals surface area (Å²) in [5, 5.41) is 2.99. The quantitative estimate of drug-likeness (QED) is 0.778. The van der Waals surface area contributed by atoms with Crippen molar-refractivity contribution in [2.45, 2.75) is 26.3 Å². The number of nitrogens with zero attached hydrogens (tertiary/aromatic N) is 1. The average Bonchev–Trinajstić information content (AvgIpc) is 2.15. The molecule has 0 bridgehead atoms. The first kappa shape index (κ1) is 11.0. The van der Waals surface area contributed by atoms with E-state index in [0.29, 0.717) is 6.54 Å². The minimum absolute atomic E-state index is 0.0943. The number of hydrogen-bond donors (Lipinski definition) is 1. The minimum atomic E-state index is -0.153. The third-order valence-electron chi connectivity index (χ3n) is 2.80. The van der Waals surface area contributed by atoms with Crippen LogP contribution in [0.4, 0.5) is 5.69 Å². The molecule has 1 aliphatic heterocycles. The van der Waals surface area contributed by atoms with E-state index in [2.05, 4.69) is 41.4 Å². The van der Waals surface area contributed by atoms with E-state index in [9.17, 15) is 4.79 Å². The molecule has 1 aromatic carbocycles. The fourth-order valence-electron chi connectivity index (χ4n) is 2.10. The summed E-state index contributed by atoms with van der Waals surface area (Å²) >= 11 is 0. The van der Waals surface area contributed by atoms with Crippen molar-refractivity contribution in [2.75, 3.05) is 18.0 Å². The van der Waals surface area contributed by atoms with E-state index in [4.69, 9.17) is 0 Å². The van der Waals surface area contributed by atoms with Gasteiger partial charge in [-0.1, -0.05) is 17.7 Å². The molecule has 1 heterocycles. The van der Waals surface area contributed by atoms with Gasteiger partial charge < -0.3 is 10.2 Å². The van der Waals surface area contributed by atoms with Gasteiger partial charge in [-0.3, -0.25) is 4.79 Å². The second-order valence-corrected chi connectivity index (χ2v) is 5.12. The van der Waals surface area contributed by atoms with Crippen LogP contribution in [0.15, 0.2) is 24.3 Å². The third kappa shape index (κ3) is 2.35. The van der Waals surface area contributed by atoms with Gasteiger partial charge >= 0.3 is 0 Å². The number of nitrogens with one attached hydrogen (secondary N) is 1. The highest BCUT2D eigenvalue weighted by atomic mass is 16.2. The molecule has 86 valence electrons. The Morgan fingerprint density at radius 2 is 1.88 bits per heavy atom. The summed E-state index contributed by atoms with van der Waals surface area (Å²) in [5.74, 6) is 0.0943. The molecule has 16 heavy (non-hydrogen) atoms. The summed E-state index contributed by atoms with van der Waals surface area (Å²) in [7, 11) is 0. The zero-order valence-corrected chi connectivity index (χ0v) is 10.1. The first-order valence-electron chi connectivity index (χ1n) is 5.59. The Balaban J connectivity index is 2.21. The summed E-state index contributed by atoms with van der Waals surface area (Å²) < 4.78 is 0. The van der Waals surface area contributed by atoms with E-state index >= 15 is 0 Å². The van der Waals surface area contributed by atoms with E-state index in [1.165, 1.54) is 5.56 Å². The number of carbonyl (C=O) groups is 1. The van der Waals surface area contributed by atoms with E-state index in [0.717, 1.165) is 12.2 Å². The Kier molecular flexibility index (Phi) is 2.62. The van der Waals surface area contributed by atoms with Crippen LogP contribution in [0.2, 0.25) is 0 Å². The first-order valence-corrected chi connectivity index (χ1v) is 5.59. The van der Waals surface area contributed by atoms with Crippen LogP contribution in [0.5, 0.6) is 0 Å². The van der Waals surface area contributed by atoms with Crippen molar-refractivity contribution in [3.63, 3.8) is 0 Å². The van der Waals surface area contributed by atoms with Crippen LogP contribution in [0.3, 0.4) is 0 Å². The number of hydrogen-bond acceptors (Lipinski definition) is 2. The number of rotatable bonds is 1. The van der Waals surface area contributed by atoms with Gasteiger partial charge in [-0.25, -0.2) is 0 Å². The Morgan fingerprint density at radius 3 is 2.44 bits per heavy atom. The van der Waals surface area contributed by atoms with Crippen LogP contribution < -0.4 is 10.2 Å². The molecule has 1 N–H and O–H groups in total. The van der Waals surface area contributed by atoms with Gasteiger partial charge in [0.15, 0.2) is 0 Å². The lowest BCUT2D eigenvalue weighted by Gasteiger charge is -2.39. The highest BCUT2D eigenvalue weighted by molar-refractivity contribution is 5.83. The summed E-state index contributed by atoms with van der Waals surface area (Å²) in [6, 6.07) is 8.30. The molecule has 3 nitrogen and oxygen atoms in total. The van der Waals surface area contributed by atoms with Crippen LogP contribution in [-0.4, -0.2) is 24.5 Å².